The van der Waals surface area contributed by atoms with E-state index in [-0.39, 0.29) is 0 Å². The van der Waals surface area contributed by atoms with Gasteiger partial charge in [0.15, 0.2) is 11.6 Å². The fourth-order valence-corrected chi connectivity index (χ4v) is 3.76. The predicted molar refractivity (Wildman–Crippen MR) is 116 cm³/mol. The zero-order valence-electron chi connectivity index (χ0n) is 17.7. The molecular formula is C20H30N8O2. The van der Waals surface area contributed by atoms with E-state index in [1.165, 1.54) is 0 Å². The summed E-state index contributed by atoms with van der Waals surface area (Å²) in [6, 6.07) is 4.27. The molecule has 10 nitrogen and oxygen atoms in total. The fraction of sp³-hybridized carbons (Fsp3) is 0.550. The lowest BCUT2D eigenvalue weighted by Gasteiger charge is -2.26. The Balaban J connectivity index is 1.36. The fourth-order valence-electron chi connectivity index (χ4n) is 3.76. The third-order valence-electron chi connectivity index (χ3n) is 5.25. The number of rotatable bonds is 8. The number of ether oxygens (including phenoxy) is 2. The molecule has 0 amide bonds. The predicted octanol–water partition coefficient (Wildman–Crippen LogP) is 0.550. The first-order chi connectivity index (χ1) is 14.6. The van der Waals surface area contributed by atoms with Crippen molar-refractivity contribution in [1.29, 1.82) is 0 Å². The van der Waals surface area contributed by atoms with Crippen LogP contribution in [-0.4, -0.2) is 79.5 Å². The molecule has 1 fully saturated rings. The van der Waals surface area contributed by atoms with Gasteiger partial charge < -0.3 is 30.3 Å². The molecule has 2 aliphatic heterocycles. The first-order valence-electron chi connectivity index (χ1n) is 10.4. The molecule has 4 rings (SSSR count). The van der Waals surface area contributed by atoms with E-state index in [0.717, 1.165) is 49.8 Å². The molecular weight excluding hydrogens is 384 g/mol. The standard InChI is InChI=1S/C20H30N8O2/c1-3-29-20-24-18(21)17-19(25-20)28(14-26(17)2)13-15-4-5-16(23-12-15)30-11-10-27-8-6-22-7-9-27/h4-5,12,22H,3,6-11,13-14H2,1-2H3,(H2,21,24,25). The Kier molecular flexibility index (Phi) is 6.34. The first-order valence-corrected chi connectivity index (χ1v) is 10.4. The summed E-state index contributed by atoms with van der Waals surface area (Å²) < 4.78 is 11.3. The Morgan fingerprint density at radius 2 is 2.00 bits per heavy atom. The van der Waals surface area contributed by atoms with Crippen molar-refractivity contribution in [2.75, 3.05) is 75.2 Å². The summed E-state index contributed by atoms with van der Waals surface area (Å²) in [4.78, 5) is 19.8. The highest BCUT2D eigenvalue weighted by molar-refractivity contribution is 5.81. The van der Waals surface area contributed by atoms with Gasteiger partial charge in [-0.3, -0.25) is 4.90 Å². The number of nitrogens with zero attached hydrogens (tertiary/aromatic N) is 6. The molecule has 2 aliphatic rings. The average molecular weight is 415 g/mol. The molecule has 0 bridgehead atoms. The molecule has 10 heteroatoms. The largest absolute Gasteiger partial charge is 0.476 e. The summed E-state index contributed by atoms with van der Waals surface area (Å²) in [5.41, 5.74) is 8.04. The van der Waals surface area contributed by atoms with E-state index in [0.29, 0.717) is 44.1 Å². The second kappa shape index (κ2) is 9.31. The highest BCUT2D eigenvalue weighted by atomic mass is 16.5. The molecule has 30 heavy (non-hydrogen) atoms. The average Bonchev–Trinajstić information content (AvgIpc) is 3.06. The van der Waals surface area contributed by atoms with E-state index < -0.39 is 0 Å². The van der Waals surface area contributed by atoms with Gasteiger partial charge in [-0.2, -0.15) is 9.97 Å². The Labute approximate surface area is 177 Å². The molecule has 0 radical (unpaired) electrons. The van der Waals surface area contributed by atoms with Crippen LogP contribution in [0, 0.1) is 0 Å². The molecule has 2 aromatic rings. The third-order valence-corrected chi connectivity index (χ3v) is 5.25. The van der Waals surface area contributed by atoms with Crippen LogP contribution in [0.15, 0.2) is 18.3 Å². The number of aromatic nitrogens is 3. The Morgan fingerprint density at radius 3 is 2.73 bits per heavy atom. The van der Waals surface area contributed by atoms with Crippen LogP contribution in [0.1, 0.15) is 12.5 Å². The van der Waals surface area contributed by atoms with Gasteiger partial charge in [0.1, 0.15) is 12.3 Å². The van der Waals surface area contributed by atoms with Gasteiger partial charge in [0.2, 0.25) is 5.88 Å². The van der Waals surface area contributed by atoms with Crippen molar-refractivity contribution in [3.63, 3.8) is 0 Å². The van der Waals surface area contributed by atoms with E-state index in [1.807, 2.05) is 37.2 Å². The summed E-state index contributed by atoms with van der Waals surface area (Å²) in [5, 5.41) is 3.36. The van der Waals surface area contributed by atoms with Crippen LogP contribution in [-0.2, 0) is 6.54 Å². The highest BCUT2D eigenvalue weighted by Crippen LogP contribution is 2.39. The summed E-state index contributed by atoms with van der Waals surface area (Å²) in [7, 11) is 1.98. The number of nitrogen functional groups attached to an aromatic ring is 1. The second-order valence-corrected chi connectivity index (χ2v) is 7.48. The van der Waals surface area contributed by atoms with Crippen LogP contribution in [0.4, 0.5) is 17.3 Å². The maximum absolute atomic E-state index is 6.13. The summed E-state index contributed by atoms with van der Waals surface area (Å²) in [5.74, 6) is 1.86. The lowest BCUT2D eigenvalue weighted by atomic mass is 10.2. The van der Waals surface area contributed by atoms with E-state index in [4.69, 9.17) is 15.2 Å². The van der Waals surface area contributed by atoms with Gasteiger partial charge in [-0.15, -0.1) is 0 Å². The first kappa shape index (κ1) is 20.4. The van der Waals surface area contributed by atoms with Crippen LogP contribution in [0.2, 0.25) is 0 Å². The van der Waals surface area contributed by atoms with Gasteiger partial charge in [-0.05, 0) is 12.5 Å². The summed E-state index contributed by atoms with van der Waals surface area (Å²) in [6.45, 7) is 9.53. The van der Waals surface area contributed by atoms with Crippen molar-refractivity contribution in [2.24, 2.45) is 0 Å². The van der Waals surface area contributed by atoms with Crippen LogP contribution in [0.25, 0.3) is 0 Å². The van der Waals surface area contributed by atoms with Crippen LogP contribution < -0.4 is 30.3 Å². The van der Waals surface area contributed by atoms with E-state index in [9.17, 15) is 0 Å². The third kappa shape index (κ3) is 4.65. The number of nitrogens with two attached hydrogens (primary N) is 1. The maximum atomic E-state index is 6.13. The number of anilines is 3. The molecule has 0 atom stereocenters. The van der Waals surface area contributed by atoms with Crippen molar-refractivity contribution in [3.8, 4) is 11.9 Å². The zero-order chi connectivity index (χ0) is 20.9. The van der Waals surface area contributed by atoms with Gasteiger partial charge in [0.05, 0.1) is 13.3 Å². The maximum Gasteiger partial charge on any atom is 0.320 e. The number of hydrogen-bond donors (Lipinski definition) is 2. The van der Waals surface area contributed by atoms with Gasteiger partial charge in [0, 0.05) is 58.6 Å². The summed E-state index contributed by atoms with van der Waals surface area (Å²) in [6.07, 6.45) is 1.85. The molecule has 2 aromatic heterocycles. The van der Waals surface area contributed by atoms with Crippen molar-refractivity contribution in [3.05, 3.63) is 23.9 Å². The molecule has 0 spiro atoms. The molecule has 0 saturated carbocycles. The van der Waals surface area contributed by atoms with Gasteiger partial charge >= 0.3 is 6.01 Å². The van der Waals surface area contributed by atoms with Crippen molar-refractivity contribution in [2.45, 2.75) is 13.5 Å². The van der Waals surface area contributed by atoms with E-state index >= 15 is 0 Å². The minimum absolute atomic E-state index is 0.306. The number of piperazine rings is 1. The van der Waals surface area contributed by atoms with Gasteiger partial charge in [-0.1, -0.05) is 6.07 Å². The minimum atomic E-state index is 0.306. The smallest absolute Gasteiger partial charge is 0.320 e. The number of pyridine rings is 1. The Hall–Kier alpha value is -2.85. The normalized spacial score (nSPS) is 16.6. The molecule has 4 heterocycles. The van der Waals surface area contributed by atoms with E-state index in [1.54, 1.807) is 0 Å². The lowest BCUT2D eigenvalue weighted by molar-refractivity contribution is 0.188. The van der Waals surface area contributed by atoms with Crippen LogP contribution in [0.5, 0.6) is 11.9 Å². The summed E-state index contributed by atoms with van der Waals surface area (Å²) >= 11 is 0. The SMILES string of the molecule is CCOc1nc(N)c2c(n1)N(Cc1ccc(OCCN3CCNCC3)nc1)CN2C. The zero-order valence-corrected chi connectivity index (χ0v) is 17.7. The number of fused-ring (bicyclic) bond motifs is 1. The Morgan fingerprint density at radius 1 is 1.17 bits per heavy atom. The molecule has 0 aliphatic carbocycles. The van der Waals surface area contributed by atoms with Crippen molar-refractivity contribution < 1.29 is 9.47 Å². The van der Waals surface area contributed by atoms with Gasteiger partial charge in [-0.25, -0.2) is 4.98 Å². The van der Waals surface area contributed by atoms with Gasteiger partial charge in [0.25, 0.3) is 0 Å². The van der Waals surface area contributed by atoms with E-state index in [2.05, 4.69) is 30.1 Å². The van der Waals surface area contributed by atoms with Crippen molar-refractivity contribution >= 4 is 17.3 Å². The molecule has 0 unspecified atom stereocenters. The number of nitrogens with one attached hydrogen (secondary N) is 1. The lowest BCUT2D eigenvalue weighted by Crippen LogP contribution is -2.44. The minimum Gasteiger partial charge on any atom is -0.476 e. The topological polar surface area (TPSA) is 105 Å². The highest BCUT2D eigenvalue weighted by Gasteiger charge is 2.29. The van der Waals surface area contributed by atoms with Crippen LogP contribution in [0.3, 0.4) is 0 Å². The van der Waals surface area contributed by atoms with Crippen LogP contribution >= 0.6 is 0 Å². The number of hydrogen-bond acceptors (Lipinski definition) is 10. The molecule has 3 N–H and O–H groups in total. The molecule has 162 valence electrons. The quantitative estimate of drug-likeness (QED) is 0.636. The second-order valence-electron chi connectivity index (χ2n) is 7.48. The molecule has 0 aromatic carbocycles. The molecule has 1 saturated heterocycles. The monoisotopic (exact) mass is 414 g/mol. The van der Waals surface area contributed by atoms with Crippen molar-refractivity contribution in [1.82, 2.24) is 25.2 Å². The Bertz CT molecular complexity index is 841.